The topological polar surface area (TPSA) is 119 Å². The standard InChI is InChI=1S/C26H41N5O6SSi/c1-26(2,3)39(5,6)37-21-9-10-23-22(17-21)24(29-31(23)25-27-11-16-35-25)20-18-28-30(19-20)12-7-13-34-14-8-15-36-38(4,32)33/h9-10,17-19,25,27H,7-8,11-16H2,1-6H3. The van der Waals surface area contributed by atoms with E-state index in [1.54, 1.807) is 0 Å². The zero-order chi connectivity index (χ0) is 28.3. The van der Waals surface area contributed by atoms with Crippen LogP contribution in [0.5, 0.6) is 5.75 Å². The Kier molecular flexibility index (Phi) is 9.18. The first-order valence-corrected chi connectivity index (χ1v) is 18.1. The van der Waals surface area contributed by atoms with Crippen molar-refractivity contribution < 1.29 is 26.5 Å². The van der Waals surface area contributed by atoms with Crippen LogP contribution in [0.15, 0.2) is 30.6 Å². The lowest BCUT2D eigenvalue weighted by molar-refractivity contribution is 0.0382. The highest BCUT2D eigenvalue weighted by molar-refractivity contribution is 7.85. The fraction of sp³-hybridized carbons (Fsp3) is 0.615. The lowest BCUT2D eigenvalue weighted by atomic mass is 10.1. The van der Waals surface area contributed by atoms with Crippen molar-refractivity contribution in [1.29, 1.82) is 0 Å². The van der Waals surface area contributed by atoms with Gasteiger partial charge in [0.2, 0.25) is 14.7 Å². The van der Waals surface area contributed by atoms with E-state index >= 15 is 0 Å². The number of fused-ring (bicyclic) bond motifs is 1. The van der Waals surface area contributed by atoms with Crippen LogP contribution in [0.1, 0.15) is 40.0 Å². The first-order chi connectivity index (χ1) is 18.3. The molecule has 1 aliphatic heterocycles. The van der Waals surface area contributed by atoms with E-state index in [0.717, 1.165) is 47.1 Å². The average molecular weight is 580 g/mol. The number of benzene rings is 1. The van der Waals surface area contributed by atoms with Crippen molar-refractivity contribution in [1.82, 2.24) is 24.9 Å². The van der Waals surface area contributed by atoms with E-state index < -0.39 is 18.4 Å². The molecule has 1 saturated heterocycles. The second kappa shape index (κ2) is 12.1. The molecule has 0 amide bonds. The maximum absolute atomic E-state index is 11.0. The fourth-order valence-electron chi connectivity index (χ4n) is 4.00. The Morgan fingerprint density at radius 2 is 1.95 bits per heavy atom. The number of rotatable bonds is 13. The third kappa shape index (κ3) is 7.67. The van der Waals surface area contributed by atoms with Crippen LogP contribution in [-0.2, 0) is 30.3 Å². The molecule has 1 aromatic carbocycles. The van der Waals surface area contributed by atoms with Crippen molar-refractivity contribution in [2.45, 2.75) is 64.6 Å². The molecule has 11 nitrogen and oxygen atoms in total. The second-order valence-corrected chi connectivity index (χ2v) is 17.7. The summed E-state index contributed by atoms with van der Waals surface area (Å²) in [5, 5.41) is 13.9. The van der Waals surface area contributed by atoms with Crippen LogP contribution < -0.4 is 9.74 Å². The van der Waals surface area contributed by atoms with Gasteiger partial charge in [-0.3, -0.25) is 14.2 Å². The Balaban J connectivity index is 1.46. The van der Waals surface area contributed by atoms with Crippen LogP contribution >= 0.6 is 0 Å². The molecule has 1 aliphatic rings. The maximum Gasteiger partial charge on any atom is 0.264 e. The van der Waals surface area contributed by atoms with Gasteiger partial charge in [-0.1, -0.05) is 20.8 Å². The van der Waals surface area contributed by atoms with Gasteiger partial charge in [0.25, 0.3) is 10.1 Å². The van der Waals surface area contributed by atoms with E-state index in [2.05, 4.69) is 56.4 Å². The summed E-state index contributed by atoms with van der Waals surface area (Å²) >= 11 is 0. The molecule has 13 heteroatoms. The molecule has 1 unspecified atom stereocenters. The molecule has 0 spiro atoms. The van der Waals surface area contributed by atoms with Crippen LogP contribution in [0.25, 0.3) is 22.2 Å². The first kappa shape index (κ1) is 29.7. The van der Waals surface area contributed by atoms with Crippen molar-refractivity contribution in [2.75, 3.05) is 39.2 Å². The van der Waals surface area contributed by atoms with Crippen LogP contribution in [0.4, 0.5) is 0 Å². The Labute approximate surface area is 232 Å². The quantitative estimate of drug-likeness (QED) is 0.181. The van der Waals surface area contributed by atoms with Crippen LogP contribution in [0.2, 0.25) is 18.1 Å². The lowest BCUT2D eigenvalue weighted by Gasteiger charge is -2.36. The molecule has 2 aromatic heterocycles. The normalized spacial score (nSPS) is 16.8. The molecular formula is C26H41N5O6SSi. The fourth-order valence-corrected chi connectivity index (χ4v) is 5.45. The molecule has 39 heavy (non-hydrogen) atoms. The third-order valence-electron chi connectivity index (χ3n) is 7.09. The Morgan fingerprint density at radius 3 is 2.64 bits per heavy atom. The molecule has 3 aromatic rings. The van der Waals surface area contributed by atoms with Gasteiger partial charge in [-0.2, -0.15) is 18.6 Å². The van der Waals surface area contributed by atoms with Gasteiger partial charge in [0.05, 0.1) is 31.2 Å². The molecule has 0 bridgehead atoms. The second-order valence-electron chi connectivity index (χ2n) is 11.3. The van der Waals surface area contributed by atoms with Crippen molar-refractivity contribution in [3.8, 4) is 17.0 Å². The minimum atomic E-state index is -3.40. The number of aromatic nitrogens is 4. The Morgan fingerprint density at radius 1 is 1.18 bits per heavy atom. The van der Waals surface area contributed by atoms with Gasteiger partial charge in [-0.25, -0.2) is 4.68 Å². The van der Waals surface area contributed by atoms with E-state index in [0.29, 0.717) is 32.8 Å². The maximum atomic E-state index is 11.0. The molecule has 0 aliphatic carbocycles. The Hall–Kier alpha value is -2.29. The number of aryl methyl sites for hydroxylation is 1. The smallest absolute Gasteiger partial charge is 0.264 e. The van der Waals surface area contributed by atoms with Gasteiger partial charge in [0, 0.05) is 43.4 Å². The summed E-state index contributed by atoms with van der Waals surface area (Å²) in [6, 6.07) is 6.17. The lowest BCUT2D eigenvalue weighted by Crippen LogP contribution is -2.43. The summed E-state index contributed by atoms with van der Waals surface area (Å²) in [5.41, 5.74) is 2.71. The van der Waals surface area contributed by atoms with Crippen LogP contribution in [0, 0.1) is 0 Å². The van der Waals surface area contributed by atoms with Crippen LogP contribution in [0.3, 0.4) is 0 Å². The molecule has 1 N–H and O–H groups in total. The molecule has 4 rings (SSSR count). The summed E-state index contributed by atoms with van der Waals surface area (Å²) < 4.78 is 48.5. The van der Waals surface area contributed by atoms with E-state index in [9.17, 15) is 8.42 Å². The highest BCUT2D eigenvalue weighted by Gasteiger charge is 2.39. The molecule has 1 fully saturated rings. The predicted octanol–water partition coefficient (Wildman–Crippen LogP) is 4.13. The number of nitrogens with zero attached hydrogens (tertiary/aromatic N) is 4. The number of ether oxygens (including phenoxy) is 2. The minimum Gasteiger partial charge on any atom is -0.543 e. The summed E-state index contributed by atoms with van der Waals surface area (Å²) in [4.78, 5) is 0. The predicted molar refractivity (Wildman–Crippen MR) is 153 cm³/mol. The van der Waals surface area contributed by atoms with Gasteiger partial charge in [-0.15, -0.1) is 0 Å². The molecule has 3 heterocycles. The molecule has 216 valence electrons. The average Bonchev–Trinajstić information content (AvgIpc) is 3.58. The van der Waals surface area contributed by atoms with E-state index in [1.807, 2.05) is 27.8 Å². The molecule has 0 saturated carbocycles. The van der Waals surface area contributed by atoms with E-state index in [-0.39, 0.29) is 18.0 Å². The molecule has 0 radical (unpaired) electrons. The Bertz CT molecular complexity index is 1360. The summed E-state index contributed by atoms with van der Waals surface area (Å²) in [6.07, 6.45) is 5.85. The number of nitrogens with one attached hydrogen (secondary N) is 1. The summed E-state index contributed by atoms with van der Waals surface area (Å²) in [7, 11) is -5.41. The van der Waals surface area contributed by atoms with Crippen LogP contribution in [-0.4, -0.2) is 75.5 Å². The summed E-state index contributed by atoms with van der Waals surface area (Å²) in [5.74, 6) is 0.849. The van der Waals surface area contributed by atoms with Gasteiger partial charge >= 0.3 is 0 Å². The zero-order valence-electron chi connectivity index (χ0n) is 23.8. The molecule has 1 atom stereocenters. The number of hydrogen-bond donors (Lipinski definition) is 1. The van der Waals surface area contributed by atoms with Crippen molar-refractivity contribution >= 4 is 29.3 Å². The SMILES string of the molecule is CC(C)(C)[Si](C)(C)Oc1ccc2c(c1)c(-c1cnn(CCCOCCCOS(C)(=O)=O)c1)nn2C1NCCO1. The first-order valence-electron chi connectivity index (χ1n) is 13.4. The van der Waals surface area contributed by atoms with Gasteiger partial charge in [-0.05, 0) is 49.2 Å². The highest BCUT2D eigenvalue weighted by Crippen LogP contribution is 2.39. The monoisotopic (exact) mass is 579 g/mol. The third-order valence-corrected chi connectivity index (χ3v) is 12.0. The summed E-state index contributed by atoms with van der Waals surface area (Å²) in [6.45, 7) is 14.4. The minimum absolute atomic E-state index is 0.0887. The van der Waals surface area contributed by atoms with E-state index in [4.69, 9.17) is 23.2 Å². The van der Waals surface area contributed by atoms with Crippen molar-refractivity contribution in [3.05, 3.63) is 30.6 Å². The largest absolute Gasteiger partial charge is 0.543 e. The number of hydrogen-bond acceptors (Lipinski definition) is 9. The van der Waals surface area contributed by atoms with Gasteiger partial charge < -0.3 is 13.9 Å². The van der Waals surface area contributed by atoms with Crippen molar-refractivity contribution in [2.24, 2.45) is 0 Å². The van der Waals surface area contributed by atoms with Gasteiger partial charge in [0.15, 0.2) is 0 Å². The van der Waals surface area contributed by atoms with E-state index in [1.165, 1.54) is 0 Å². The highest BCUT2D eigenvalue weighted by atomic mass is 32.2. The van der Waals surface area contributed by atoms with Crippen molar-refractivity contribution in [3.63, 3.8) is 0 Å². The zero-order valence-corrected chi connectivity index (χ0v) is 25.6. The van der Waals surface area contributed by atoms with Gasteiger partial charge in [0.1, 0.15) is 11.4 Å². The molecular weight excluding hydrogens is 538 g/mol.